The molecular weight excluding hydrogens is 341 g/mol. The van der Waals surface area contributed by atoms with Crippen molar-refractivity contribution in [2.75, 3.05) is 18.0 Å². The van der Waals surface area contributed by atoms with E-state index in [4.69, 9.17) is 11.6 Å². The topological polar surface area (TPSA) is 45.2 Å². The van der Waals surface area contributed by atoms with Crippen molar-refractivity contribution in [3.8, 4) is 0 Å². The molecule has 0 radical (unpaired) electrons. The Labute approximate surface area is 152 Å². The first-order valence-electron chi connectivity index (χ1n) is 8.46. The summed E-state index contributed by atoms with van der Waals surface area (Å²) in [6, 6.07) is 7.68. The molecule has 4 nitrogen and oxygen atoms in total. The number of amides is 1. The highest BCUT2D eigenvalue weighted by molar-refractivity contribution is 6.33. The zero-order valence-electron chi connectivity index (χ0n) is 14.1. The minimum atomic E-state index is -0.464. The average molecular weight is 362 g/mol. The van der Waals surface area contributed by atoms with E-state index in [-0.39, 0.29) is 16.5 Å². The van der Waals surface area contributed by atoms with Crippen LogP contribution >= 0.6 is 11.6 Å². The minimum Gasteiger partial charge on any atom is -0.357 e. The first-order valence-corrected chi connectivity index (χ1v) is 8.84. The molecular formula is C19H21ClFN3O. The molecule has 1 aliphatic heterocycles. The van der Waals surface area contributed by atoms with Gasteiger partial charge in [-0.3, -0.25) is 4.79 Å². The van der Waals surface area contributed by atoms with Crippen LogP contribution in [0, 0.1) is 11.7 Å². The van der Waals surface area contributed by atoms with Gasteiger partial charge in [0.1, 0.15) is 11.6 Å². The molecule has 1 aromatic carbocycles. The van der Waals surface area contributed by atoms with Gasteiger partial charge in [-0.15, -0.1) is 0 Å². The minimum absolute atomic E-state index is 0.102. The van der Waals surface area contributed by atoms with E-state index in [9.17, 15) is 9.18 Å². The van der Waals surface area contributed by atoms with Gasteiger partial charge in [-0.1, -0.05) is 24.6 Å². The fourth-order valence-electron chi connectivity index (χ4n) is 2.90. The van der Waals surface area contributed by atoms with Crippen molar-refractivity contribution in [2.45, 2.75) is 26.3 Å². The summed E-state index contributed by atoms with van der Waals surface area (Å²) in [5.41, 5.74) is 1.16. The van der Waals surface area contributed by atoms with E-state index in [2.05, 4.69) is 22.1 Å². The van der Waals surface area contributed by atoms with Gasteiger partial charge in [0.2, 0.25) is 0 Å². The maximum absolute atomic E-state index is 13.0. The smallest absolute Gasteiger partial charge is 0.253 e. The molecule has 1 amide bonds. The predicted molar refractivity (Wildman–Crippen MR) is 97.4 cm³/mol. The SMILES string of the molecule is CC1CCN(c2ccc(CNC(=O)c3ccc(F)cc3Cl)cn2)CC1. The molecule has 6 heteroatoms. The van der Waals surface area contributed by atoms with Gasteiger partial charge in [0.05, 0.1) is 10.6 Å². The van der Waals surface area contributed by atoms with Crippen LogP contribution in [0.5, 0.6) is 0 Å². The Hall–Kier alpha value is -2.14. The standard InChI is InChI=1S/C19H21ClFN3O/c1-13-6-8-24(9-7-13)18-5-2-14(11-22-18)12-23-19(25)16-4-3-15(21)10-17(16)20/h2-5,10-11,13H,6-9,12H2,1H3,(H,23,25). The highest BCUT2D eigenvalue weighted by Gasteiger charge is 2.17. The predicted octanol–water partition coefficient (Wildman–Crippen LogP) is 4.04. The van der Waals surface area contributed by atoms with Crippen LogP contribution in [0.1, 0.15) is 35.7 Å². The lowest BCUT2D eigenvalue weighted by Crippen LogP contribution is -2.33. The van der Waals surface area contributed by atoms with Gasteiger partial charge in [0, 0.05) is 25.8 Å². The van der Waals surface area contributed by atoms with Gasteiger partial charge in [0.15, 0.2) is 0 Å². The van der Waals surface area contributed by atoms with E-state index < -0.39 is 5.82 Å². The molecule has 0 bridgehead atoms. The van der Waals surface area contributed by atoms with E-state index in [0.717, 1.165) is 36.5 Å². The lowest BCUT2D eigenvalue weighted by molar-refractivity contribution is 0.0951. The number of benzene rings is 1. The van der Waals surface area contributed by atoms with Gasteiger partial charge >= 0.3 is 0 Å². The molecule has 0 atom stereocenters. The first-order chi connectivity index (χ1) is 12.0. The summed E-state index contributed by atoms with van der Waals surface area (Å²) in [7, 11) is 0. The van der Waals surface area contributed by atoms with Crippen LogP contribution in [0.2, 0.25) is 5.02 Å². The summed E-state index contributed by atoms with van der Waals surface area (Å²) in [5, 5.41) is 2.88. The highest BCUT2D eigenvalue weighted by atomic mass is 35.5. The quantitative estimate of drug-likeness (QED) is 0.893. The molecule has 0 saturated carbocycles. The van der Waals surface area contributed by atoms with Crippen LogP contribution in [-0.2, 0) is 6.54 Å². The van der Waals surface area contributed by atoms with Crippen LogP contribution in [-0.4, -0.2) is 24.0 Å². The van der Waals surface area contributed by atoms with Gasteiger partial charge in [-0.25, -0.2) is 9.37 Å². The molecule has 0 spiro atoms. The molecule has 1 N–H and O–H groups in total. The number of carbonyl (C=O) groups is 1. The Kier molecular flexibility index (Phi) is 5.53. The third-order valence-corrected chi connectivity index (χ3v) is 4.86. The molecule has 1 fully saturated rings. The molecule has 3 rings (SSSR count). The number of nitrogens with one attached hydrogen (secondary N) is 1. The number of anilines is 1. The number of aromatic nitrogens is 1. The van der Waals surface area contributed by atoms with Crippen LogP contribution < -0.4 is 10.2 Å². The Morgan fingerprint density at radius 2 is 2.08 bits per heavy atom. The third kappa shape index (κ3) is 4.48. The maximum Gasteiger partial charge on any atom is 0.253 e. The molecule has 0 unspecified atom stereocenters. The molecule has 25 heavy (non-hydrogen) atoms. The van der Waals surface area contributed by atoms with Gasteiger partial charge < -0.3 is 10.2 Å². The third-order valence-electron chi connectivity index (χ3n) is 4.55. The molecule has 2 heterocycles. The van der Waals surface area contributed by atoms with E-state index in [1.165, 1.54) is 25.0 Å². The Morgan fingerprint density at radius 3 is 2.72 bits per heavy atom. The molecule has 132 valence electrons. The Bertz CT molecular complexity index is 743. The molecule has 2 aromatic rings. The molecule has 1 aromatic heterocycles. The van der Waals surface area contributed by atoms with Crippen molar-refractivity contribution in [1.82, 2.24) is 10.3 Å². The van der Waals surface area contributed by atoms with Crippen LogP contribution in [0.3, 0.4) is 0 Å². The first kappa shape index (κ1) is 17.7. The second kappa shape index (κ2) is 7.83. The average Bonchev–Trinajstić information content (AvgIpc) is 2.61. The number of halogens is 2. The van der Waals surface area contributed by atoms with Gasteiger partial charge in [-0.05, 0) is 48.6 Å². The van der Waals surface area contributed by atoms with E-state index in [0.29, 0.717) is 6.54 Å². The fourth-order valence-corrected chi connectivity index (χ4v) is 3.15. The van der Waals surface area contributed by atoms with Crippen molar-refractivity contribution >= 4 is 23.3 Å². The molecule has 0 aliphatic carbocycles. The number of pyridine rings is 1. The van der Waals surface area contributed by atoms with E-state index in [1.54, 1.807) is 6.20 Å². The summed E-state index contributed by atoms with van der Waals surface area (Å²) in [6.07, 6.45) is 4.16. The summed E-state index contributed by atoms with van der Waals surface area (Å²) in [5.74, 6) is 0.958. The largest absolute Gasteiger partial charge is 0.357 e. The van der Waals surface area contributed by atoms with Gasteiger partial charge in [-0.2, -0.15) is 0 Å². The normalized spacial score (nSPS) is 15.2. The Morgan fingerprint density at radius 1 is 1.32 bits per heavy atom. The van der Waals surface area contributed by atoms with Gasteiger partial charge in [0.25, 0.3) is 5.91 Å². The number of carbonyl (C=O) groups excluding carboxylic acids is 1. The molecule has 1 saturated heterocycles. The summed E-state index contributed by atoms with van der Waals surface area (Å²) >= 11 is 5.90. The van der Waals surface area contributed by atoms with Crippen molar-refractivity contribution < 1.29 is 9.18 Å². The van der Waals surface area contributed by atoms with Crippen molar-refractivity contribution in [2.24, 2.45) is 5.92 Å². The highest BCUT2D eigenvalue weighted by Crippen LogP contribution is 2.21. The number of rotatable bonds is 4. The maximum atomic E-state index is 13.0. The van der Waals surface area contributed by atoms with Crippen molar-refractivity contribution in [3.05, 3.63) is 58.5 Å². The lowest BCUT2D eigenvalue weighted by atomic mass is 9.99. The lowest BCUT2D eigenvalue weighted by Gasteiger charge is -2.31. The zero-order valence-corrected chi connectivity index (χ0v) is 14.9. The molecule has 1 aliphatic rings. The van der Waals surface area contributed by atoms with Crippen LogP contribution in [0.25, 0.3) is 0 Å². The zero-order chi connectivity index (χ0) is 17.8. The second-order valence-electron chi connectivity index (χ2n) is 6.50. The summed E-state index contributed by atoms with van der Waals surface area (Å²) in [4.78, 5) is 18.9. The monoisotopic (exact) mass is 361 g/mol. The van der Waals surface area contributed by atoms with E-state index >= 15 is 0 Å². The number of hydrogen-bond acceptors (Lipinski definition) is 3. The number of piperidine rings is 1. The summed E-state index contributed by atoms with van der Waals surface area (Å²) in [6.45, 7) is 4.70. The van der Waals surface area contributed by atoms with Crippen LogP contribution in [0.15, 0.2) is 36.5 Å². The Balaban J connectivity index is 1.57. The number of nitrogens with zero attached hydrogens (tertiary/aromatic N) is 2. The van der Waals surface area contributed by atoms with E-state index in [1.807, 2.05) is 12.1 Å². The van der Waals surface area contributed by atoms with Crippen molar-refractivity contribution in [1.29, 1.82) is 0 Å². The summed E-state index contributed by atoms with van der Waals surface area (Å²) < 4.78 is 13.0. The van der Waals surface area contributed by atoms with Crippen molar-refractivity contribution in [3.63, 3.8) is 0 Å². The second-order valence-corrected chi connectivity index (χ2v) is 6.91. The van der Waals surface area contributed by atoms with Crippen LogP contribution in [0.4, 0.5) is 10.2 Å². The fraction of sp³-hybridized carbons (Fsp3) is 0.368. The number of hydrogen-bond donors (Lipinski definition) is 1.